The summed E-state index contributed by atoms with van der Waals surface area (Å²) in [7, 11) is 0. The van der Waals surface area contributed by atoms with Gasteiger partial charge in [0, 0.05) is 19.3 Å². The van der Waals surface area contributed by atoms with Gasteiger partial charge in [-0.15, -0.1) is 0 Å². The maximum atomic E-state index is 9.72. The minimum atomic E-state index is -0.507. The molecule has 1 rings (SSSR count). The number of aromatic nitrogens is 2. The molecule has 0 radical (unpaired) electrons. The summed E-state index contributed by atoms with van der Waals surface area (Å²) in [5.41, 5.74) is 0.705. The van der Waals surface area contributed by atoms with Gasteiger partial charge < -0.3 is 15.2 Å². The maximum Gasteiger partial charge on any atom is 0.125 e. The smallest absolute Gasteiger partial charge is 0.125 e. The van der Waals surface area contributed by atoms with Gasteiger partial charge in [-0.1, -0.05) is 0 Å². The number of nitrogens with one attached hydrogen (secondary N) is 1. The van der Waals surface area contributed by atoms with Crippen LogP contribution in [0.2, 0.25) is 0 Å². The molecule has 1 aromatic rings. The van der Waals surface area contributed by atoms with Crippen molar-refractivity contribution in [1.82, 2.24) is 15.3 Å². The van der Waals surface area contributed by atoms with E-state index in [0.717, 1.165) is 11.5 Å². The van der Waals surface area contributed by atoms with E-state index in [1.54, 1.807) is 6.20 Å². The maximum absolute atomic E-state index is 9.72. The van der Waals surface area contributed by atoms with E-state index in [1.165, 1.54) is 0 Å². The van der Waals surface area contributed by atoms with Crippen molar-refractivity contribution in [2.24, 2.45) is 0 Å². The largest absolute Gasteiger partial charge is 0.389 e. The van der Waals surface area contributed by atoms with Gasteiger partial charge in [-0.05, 0) is 33.8 Å². The summed E-state index contributed by atoms with van der Waals surface area (Å²) in [5.74, 6) is 0.755. The Morgan fingerprint density at radius 2 is 2.17 bits per heavy atom. The topological polar surface area (TPSA) is 67.3 Å². The highest BCUT2D eigenvalue weighted by Gasteiger charge is 2.13. The highest BCUT2D eigenvalue weighted by Crippen LogP contribution is 2.06. The number of aliphatic hydroxyl groups excluding tert-OH is 1. The minimum absolute atomic E-state index is 0.218. The third kappa shape index (κ3) is 6.64. The van der Waals surface area contributed by atoms with Gasteiger partial charge in [-0.25, -0.2) is 9.97 Å². The molecule has 0 aromatic carbocycles. The quantitative estimate of drug-likeness (QED) is 0.793. The Hall–Kier alpha value is -1.04. The van der Waals surface area contributed by atoms with Crippen LogP contribution in [0, 0.1) is 6.92 Å². The third-order valence-corrected chi connectivity index (χ3v) is 2.23. The van der Waals surface area contributed by atoms with Crippen molar-refractivity contribution < 1.29 is 9.84 Å². The first-order valence-electron chi connectivity index (χ1n) is 6.18. The van der Waals surface area contributed by atoms with Gasteiger partial charge in [0.1, 0.15) is 5.82 Å². The molecule has 1 aromatic heterocycles. The number of hydrogen-bond acceptors (Lipinski definition) is 5. The first kappa shape index (κ1) is 15.0. The number of nitrogens with zero attached hydrogens (tertiary/aromatic N) is 2. The van der Waals surface area contributed by atoms with Crippen molar-refractivity contribution >= 4 is 0 Å². The van der Waals surface area contributed by atoms with Crippen LogP contribution in [-0.2, 0) is 11.3 Å². The molecule has 1 atom stereocenters. The summed E-state index contributed by atoms with van der Waals surface area (Å²) < 4.78 is 5.50. The zero-order chi connectivity index (χ0) is 13.6. The van der Waals surface area contributed by atoms with Crippen molar-refractivity contribution in [3.8, 4) is 0 Å². The van der Waals surface area contributed by atoms with Crippen LogP contribution in [0.15, 0.2) is 12.3 Å². The van der Waals surface area contributed by atoms with Crippen molar-refractivity contribution in [3.63, 3.8) is 0 Å². The van der Waals surface area contributed by atoms with Gasteiger partial charge >= 0.3 is 0 Å². The summed E-state index contributed by atoms with van der Waals surface area (Å²) in [6.45, 7) is 9.20. The number of ether oxygens (including phenoxy) is 1. The summed E-state index contributed by atoms with van der Waals surface area (Å²) >= 11 is 0. The van der Waals surface area contributed by atoms with Crippen molar-refractivity contribution in [1.29, 1.82) is 0 Å². The fraction of sp³-hybridized carbons (Fsp3) is 0.692. The monoisotopic (exact) mass is 253 g/mol. The lowest BCUT2D eigenvalue weighted by atomic mass is 10.2. The molecule has 102 valence electrons. The third-order valence-electron chi connectivity index (χ3n) is 2.23. The Balaban J connectivity index is 2.21. The lowest BCUT2D eigenvalue weighted by molar-refractivity contribution is -0.0479. The second-order valence-electron chi connectivity index (χ2n) is 5.30. The lowest BCUT2D eigenvalue weighted by Crippen LogP contribution is -2.33. The normalized spacial score (nSPS) is 13.6. The zero-order valence-corrected chi connectivity index (χ0v) is 11.6. The van der Waals surface area contributed by atoms with Crippen LogP contribution >= 0.6 is 0 Å². The Morgan fingerprint density at radius 3 is 2.78 bits per heavy atom. The standard InChI is InChI=1S/C13H23N3O2/c1-10-15-6-5-11(16-10)7-14-8-12(17)9-18-13(2,3)4/h5-6,12,14,17H,7-9H2,1-4H3. The molecule has 0 saturated heterocycles. The van der Waals surface area contributed by atoms with Crippen molar-refractivity contribution in [2.75, 3.05) is 13.2 Å². The van der Waals surface area contributed by atoms with E-state index in [9.17, 15) is 5.11 Å². The van der Waals surface area contributed by atoms with E-state index in [2.05, 4.69) is 15.3 Å². The van der Waals surface area contributed by atoms with Crippen molar-refractivity contribution in [2.45, 2.75) is 45.9 Å². The van der Waals surface area contributed by atoms with Gasteiger partial charge in [0.15, 0.2) is 0 Å². The van der Waals surface area contributed by atoms with Crippen LogP contribution in [0.1, 0.15) is 32.3 Å². The lowest BCUT2D eigenvalue weighted by Gasteiger charge is -2.22. The summed E-state index contributed by atoms with van der Waals surface area (Å²) in [4.78, 5) is 8.30. The van der Waals surface area contributed by atoms with E-state index < -0.39 is 6.10 Å². The van der Waals surface area contributed by atoms with Crippen LogP contribution in [0.25, 0.3) is 0 Å². The summed E-state index contributed by atoms with van der Waals surface area (Å²) in [6, 6.07) is 1.86. The molecule has 0 aliphatic heterocycles. The molecule has 0 fully saturated rings. The fourth-order valence-electron chi connectivity index (χ4n) is 1.38. The molecule has 1 unspecified atom stereocenters. The van der Waals surface area contributed by atoms with Crippen LogP contribution in [-0.4, -0.2) is 39.9 Å². The van der Waals surface area contributed by atoms with Crippen molar-refractivity contribution in [3.05, 3.63) is 23.8 Å². The Labute approximate surface area is 109 Å². The van der Waals surface area contributed by atoms with Crippen LogP contribution in [0.5, 0.6) is 0 Å². The second kappa shape index (κ2) is 6.78. The first-order chi connectivity index (χ1) is 8.37. The highest BCUT2D eigenvalue weighted by molar-refractivity contribution is 5.00. The van der Waals surface area contributed by atoms with Gasteiger partial charge in [-0.2, -0.15) is 0 Å². The molecule has 0 aliphatic carbocycles. The molecule has 5 nitrogen and oxygen atoms in total. The Kier molecular flexibility index (Phi) is 5.65. The molecular formula is C13H23N3O2. The Bertz CT molecular complexity index is 363. The zero-order valence-electron chi connectivity index (χ0n) is 11.6. The fourth-order valence-corrected chi connectivity index (χ4v) is 1.38. The van der Waals surface area contributed by atoms with Gasteiger partial charge in [0.25, 0.3) is 0 Å². The molecule has 0 aliphatic rings. The van der Waals surface area contributed by atoms with Crippen LogP contribution < -0.4 is 5.32 Å². The predicted octanol–water partition coefficient (Wildman–Crippen LogP) is 1.05. The van der Waals surface area contributed by atoms with E-state index in [1.807, 2.05) is 33.8 Å². The molecule has 0 amide bonds. The second-order valence-corrected chi connectivity index (χ2v) is 5.30. The SMILES string of the molecule is Cc1nccc(CNCC(O)COC(C)(C)C)n1. The van der Waals surface area contributed by atoms with E-state index in [4.69, 9.17) is 4.74 Å². The molecule has 0 saturated carbocycles. The predicted molar refractivity (Wildman–Crippen MR) is 70.2 cm³/mol. The van der Waals surface area contributed by atoms with Gasteiger partial charge in [0.2, 0.25) is 0 Å². The number of aryl methyl sites for hydroxylation is 1. The molecule has 2 N–H and O–H groups in total. The molecule has 0 bridgehead atoms. The van der Waals surface area contributed by atoms with E-state index >= 15 is 0 Å². The first-order valence-corrected chi connectivity index (χ1v) is 6.18. The summed E-state index contributed by atoms with van der Waals surface area (Å²) in [5, 5.41) is 12.9. The molecule has 0 spiro atoms. The average molecular weight is 253 g/mol. The molecule has 5 heteroatoms. The number of hydrogen-bond donors (Lipinski definition) is 2. The minimum Gasteiger partial charge on any atom is -0.389 e. The molecule has 18 heavy (non-hydrogen) atoms. The van der Waals surface area contributed by atoms with Crippen LogP contribution in [0.4, 0.5) is 0 Å². The summed E-state index contributed by atoms with van der Waals surface area (Å²) in [6.07, 6.45) is 1.23. The van der Waals surface area contributed by atoms with Gasteiger partial charge in [-0.3, -0.25) is 0 Å². The van der Waals surface area contributed by atoms with Gasteiger partial charge in [0.05, 0.1) is 24.0 Å². The molecular weight excluding hydrogens is 230 g/mol. The van der Waals surface area contributed by atoms with E-state index in [-0.39, 0.29) is 5.60 Å². The average Bonchev–Trinajstić information content (AvgIpc) is 2.25. The number of aliphatic hydroxyl groups is 1. The molecule has 1 heterocycles. The highest BCUT2D eigenvalue weighted by atomic mass is 16.5. The number of rotatable bonds is 6. The van der Waals surface area contributed by atoms with Crippen LogP contribution in [0.3, 0.4) is 0 Å². The van der Waals surface area contributed by atoms with E-state index in [0.29, 0.717) is 19.7 Å². The Morgan fingerprint density at radius 1 is 1.44 bits per heavy atom.